The van der Waals surface area contributed by atoms with Crippen LogP contribution in [0.2, 0.25) is 0 Å². The van der Waals surface area contributed by atoms with Gasteiger partial charge in [0.05, 0.1) is 5.69 Å². The molecule has 1 aliphatic rings. The van der Waals surface area contributed by atoms with E-state index in [1.54, 1.807) is 6.20 Å². The molecule has 0 aromatic carbocycles. The van der Waals surface area contributed by atoms with E-state index in [9.17, 15) is 4.79 Å². The standard InChI is InChI=1S/C16H21N3OS/c1-10-5-3-6-11(9-10)19(2)16(20)14-13(17)12-7-4-8-18-15(12)21-14/h4,7-8,10-11H,3,5-6,9,17H2,1-2H3. The Hall–Kier alpha value is -1.62. The van der Waals surface area contributed by atoms with Crippen molar-refractivity contribution in [1.82, 2.24) is 9.88 Å². The van der Waals surface area contributed by atoms with Crippen LogP contribution in [-0.4, -0.2) is 28.9 Å². The van der Waals surface area contributed by atoms with Gasteiger partial charge in [-0.2, -0.15) is 0 Å². The van der Waals surface area contributed by atoms with Crippen LogP contribution in [0, 0.1) is 5.92 Å². The van der Waals surface area contributed by atoms with E-state index in [4.69, 9.17) is 5.73 Å². The maximum absolute atomic E-state index is 12.8. The SMILES string of the molecule is CC1CCCC(N(C)C(=O)c2sc3ncccc3c2N)C1. The number of amides is 1. The van der Waals surface area contributed by atoms with Gasteiger partial charge >= 0.3 is 0 Å². The van der Waals surface area contributed by atoms with Crippen LogP contribution < -0.4 is 5.73 Å². The molecule has 0 saturated heterocycles. The van der Waals surface area contributed by atoms with Gasteiger partial charge in [0.25, 0.3) is 5.91 Å². The molecular formula is C16H21N3OS. The Labute approximate surface area is 129 Å². The van der Waals surface area contributed by atoms with Gasteiger partial charge in [-0.15, -0.1) is 11.3 Å². The molecule has 1 fully saturated rings. The fourth-order valence-electron chi connectivity index (χ4n) is 3.19. The van der Waals surface area contributed by atoms with Crippen molar-refractivity contribution in [2.45, 2.75) is 38.6 Å². The highest BCUT2D eigenvalue weighted by Gasteiger charge is 2.28. The van der Waals surface area contributed by atoms with E-state index in [1.807, 2.05) is 24.1 Å². The van der Waals surface area contributed by atoms with Gasteiger partial charge in [-0.1, -0.05) is 19.8 Å². The predicted octanol–water partition coefficient (Wildman–Crippen LogP) is 3.53. The van der Waals surface area contributed by atoms with Crippen molar-refractivity contribution < 1.29 is 4.79 Å². The Bertz CT molecular complexity index is 667. The number of carbonyl (C=O) groups is 1. The molecule has 2 unspecified atom stereocenters. The second-order valence-corrected chi connectivity index (χ2v) is 7.04. The van der Waals surface area contributed by atoms with E-state index in [0.29, 0.717) is 22.5 Å². The van der Waals surface area contributed by atoms with Crippen molar-refractivity contribution >= 4 is 33.1 Å². The van der Waals surface area contributed by atoms with Crippen LogP contribution in [0.15, 0.2) is 18.3 Å². The van der Waals surface area contributed by atoms with Crippen LogP contribution in [-0.2, 0) is 0 Å². The van der Waals surface area contributed by atoms with Crippen LogP contribution in [0.25, 0.3) is 10.2 Å². The molecule has 112 valence electrons. The summed E-state index contributed by atoms with van der Waals surface area (Å²) < 4.78 is 0. The first-order valence-electron chi connectivity index (χ1n) is 7.48. The van der Waals surface area contributed by atoms with Crippen LogP contribution in [0.1, 0.15) is 42.3 Å². The number of hydrogen-bond acceptors (Lipinski definition) is 4. The maximum Gasteiger partial charge on any atom is 0.266 e. The summed E-state index contributed by atoms with van der Waals surface area (Å²) in [5, 5.41) is 0.885. The summed E-state index contributed by atoms with van der Waals surface area (Å²) in [6, 6.07) is 4.11. The molecule has 0 spiro atoms. The summed E-state index contributed by atoms with van der Waals surface area (Å²) >= 11 is 1.40. The fourth-order valence-corrected chi connectivity index (χ4v) is 4.24. The number of nitrogen functional groups attached to an aromatic ring is 1. The zero-order chi connectivity index (χ0) is 15.0. The van der Waals surface area contributed by atoms with E-state index in [2.05, 4.69) is 11.9 Å². The Morgan fingerprint density at radius 2 is 2.29 bits per heavy atom. The Morgan fingerprint density at radius 1 is 1.48 bits per heavy atom. The highest BCUT2D eigenvalue weighted by molar-refractivity contribution is 7.21. The van der Waals surface area contributed by atoms with Gasteiger partial charge in [0.15, 0.2) is 0 Å². The van der Waals surface area contributed by atoms with Crippen molar-refractivity contribution in [1.29, 1.82) is 0 Å². The summed E-state index contributed by atoms with van der Waals surface area (Å²) in [6.07, 6.45) is 6.39. The fraction of sp³-hybridized carbons (Fsp3) is 0.500. The van der Waals surface area contributed by atoms with Crippen LogP contribution >= 0.6 is 11.3 Å². The molecular weight excluding hydrogens is 282 g/mol. The average Bonchev–Trinajstić information content (AvgIpc) is 2.83. The number of aromatic nitrogens is 1. The highest BCUT2D eigenvalue weighted by Crippen LogP contribution is 2.34. The third-order valence-electron chi connectivity index (χ3n) is 4.48. The van der Waals surface area contributed by atoms with E-state index in [-0.39, 0.29) is 5.91 Å². The third-order valence-corrected chi connectivity index (χ3v) is 5.59. The number of nitrogens with two attached hydrogens (primary N) is 1. The molecule has 0 aliphatic heterocycles. The van der Waals surface area contributed by atoms with Crippen molar-refractivity contribution in [2.24, 2.45) is 5.92 Å². The van der Waals surface area contributed by atoms with Crippen molar-refractivity contribution in [3.8, 4) is 0 Å². The molecule has 1 saturated carbocycles. The molecule has 2 aromatic heterocycles. The first-order chi connectivity index (χ1) is 10.1. The number of rotatable bonds is 2. The zero-order valence-electron chi connectivity index (χ0n) is 12.5. The number of thiophene rings is 1. The second kappa shape index (κ2) is 5.64. The molecule has 2 N–H and O–H groups in total. The predicted molar refractivity (Wildman–Crippen MR) is 87.5 cm³/mol. The normalized spacial score (nSPS) is 22.4. The molecule has 0 radical (unpaired) electrons. The lowest BCUT2D eigenvalue weighted by Crippen LogP contribution is -2.39. The lowest BCUT2D eigenvalue weighted by atomic mass is 9.86. The second-order valence-electron chi connectivity index (χ2n) is 6.04. The summed E-state index contributed by atoms with van der Waals surface area (Å²) in [4.78, 5) is 20.4. The number of carbonyl (C=O) groups excluding carboxylic acids is 1. The van der Waals surface area contributed by atoms with E-state index in [1.165, 1.54) is 24.2 Å². The quantitative estimate of drug-likeness (QED) is 0.923. The molecule has 0 bridgehead atoms. The van der Waals surface area contributed by atoms with Gasteiger partial charge in [-0.25, -0.2) is 4.98 Å². The number of pyridine rings is 1. The summed E-state index contributed by atoms with van der Waals surface area (Å²) in [6.45, 7) is 2.27. The smallest absolute Gasteiger partial charge is 0.266 e. The zero-order valence-corrected chi connectivity index (χ0v) is 13.3. The van der Waals surface area contributed by atoms with Crippen molar-refractivity contribution in [3.63, 3.8) is 0 Å². The van der Waals surface area contributed by atoms with E-state index in [0.717, 1.165) is 23.1 Å². The highest BCUT2D eigenvalue weighted by atomic mass is 32.1. The minimum atomic E-state index is 0.0367. The van der Waals surface area contributed by atoms with Crippen LogP contribution in [0.3, 0.4) is 0 Å². The largest absolute Gasteiger partial charge is 0.397 e. The Morgan fingerprint density at radius 3 is 3.00 bits per heavy atom. The minimum absolute atomic E-state index is 0.0367. The molecule has 2 heterocycles. The Balaban J connectivity index is 1.87. The van der Waals surface area contributed by atoms with Gasteiger partial charge < -0.3 is 10.6 Å². The minimum Gasteiger partial charge on any atom is -0.397 e. The number of fused-ring (bicyclic) bond motifs is 1. The lowest BCUT2D eigenvalue weighted by Gasteiger charge is -2.34. The van der Waals surface area contributed by atoms with Crippen molar-refractivity contribution in [2.75, 3.05) is 12.8 Å². The number of hydrogen-bond donors (Lipinski definition) is 1. The molecule has 5 heteroatoms. The lowest BCUT2D eigenvalue weighted by molar-refractivity contribution is 0.0678. The monoisotopic (exact) mass is 303 g/mol. The Kier molecular flexibility index (Phi) is 3.85. The maximum atomic E-state index is 12.8. The third kappa shape index (κ3) is 2.62. The van der Waals surface area contributed by atoms with Gasteiger partial charge in [0.2, 0.25) is 0 Å². The van der Waals surface area contributed by atoms with E-state index >= 15 is 0 Å². The summed E-state index contributed by atoms with van der Waals surface area (Å²) in [7, 11) is 1.91. The van der Waals surface area contributed by atoms with Gasteiger partial charge in [-0.05, 0) is 30.9 Å². The summed E-state index contributed by atoms with van der Waals surface area (Å²) in [5.74, 6) is 0.732. The van der Waals surface area contributed by atoms with Gasteiger partial charge in [-0.3, -0.25) is 4.79 Å². The molecule has 2 atom stereocenters. The molecule has 1 aliphatic carbocycles. The summed E-state index contributed by atoms with van der Waals surface area (Å²) in [5.41, 5.74) is 6.73. The van der Waals surface area contributed by atoms with Gasteiger partial charge in [0, 0.05) is 24.7 Å². The van der Waals surface area contributed by atoms with Crippen LogP contribution in [0.5, 0.6) is 0 Å². The van der Waals surface area contributed by atoms with Gasteiger partial charge in [0.1, 0.15) is 9.71 Å². The number of anilines is 1. The van der Waals surface area contributed by atoms with Crippen LogP contribution in [0.4, 0.5) is 5.69 Å². The molecule has 4 nitrogen and oxygen atoms in total. The first kappa shape index (κ1) is 14.3. The average molecular weight is 303 g/mol. The molecule has 21 heavy (non-hydrogen) atoms. The molecule has 2 aromatic rings. The molecule has 3 rings (SSSR count). The number of nitrogens with zero attached hydrogens (tertiary/aromatic N) is 2. The topological polar surface area (TPSA) is 59.2 Å². The van der Waals surface area contributed by atoms with E-state index < -0.39 is 0 Å². The first-order valence-corrected chi connectivity index (χ1v) is 8.29. The molecule has 1 amide bonds. The van der Waals surface area contributed by atoms with Crippen molar-refractivity contribution in [3.05, 3.63) is 23.2 Å².